The van der Waals surface area contributed by atoms with Crippen LogP contribution in [0, 0.1) is 0 Å². The first-order valence-corrected chi connectivity index (χ1v) is 6.09. The summed E-state index contributed by atoms with van der Waals surface area (Å²) in [6.07, 6.45) is 3.15. The van der Waals surface area contributed by atoms with Crippen LogP contribution in [-0.4, -0.2) is 24.7 Å². The smallest absolute Gasteiger partial charge is 0.213 e. The third kappa shape index (κ3) is 5.00. The summed E-state index contributed by atoms with van der Waals surface area (Å²) in [4.78, 5) is 4.38. The summed E-state index contributed by atoms with van der Waals surface area (Å²) < 4.78 is 5.11. The molecule has 1 rings (SSSR count). The number of hydrogen-bond acceptors (Lipinski definition) is 3. The summed E-state index contributed by atoms with van der Waals surface area (Å²) >= 11 is 0. The molecule has 0 fully saturated rings. The molecule has 0 aliphatic rings. The summed E-state index contributed by atoms with van der Waals surface area (Å²) in [5, 5.41) is 3.42. The monoisotopic (exact) mass is 234 g/mol. The zero-order valence-corrected chi connectivity index (χ0v) is 11.2. The van der Waals surface area contributed by atoms with E-state index in [2.05, 4.69) is 37.1 Å². The predicted octanol–water partition coefficient (Wildman–Crippen LogP) is 2.88. The molecule has 0 radical (unpaired) electrons. The molecule has 0 aliphatic heterocycles. The second-order valence-corrected chi connectivity index (χ2v) is 4.30. The maximum atomic E-state index is 5.11. The number of hydrogen-bond donors (Lipinski definition) is 1. The van der Waals surface area contributed by atoms with E-state index in [1.54, 1.807) is 7.11 Å². The van der Waals surface area contributed by atoms with Crippen LogP contribution in [0.2, 0.25) is 0 Å². The third-order valence-corrected chi connectivity index (χ3v) is 2.50. The molecule has 0 amide bonds. The minimum atomic E-state index is 0.503. The van der Waals surface area contributed by atoms with Crippen LogP contribution < -0.4 is 10.1 Å². The van der Waals surface area contributed by atoms with Gasteiger partial charge in [-0.05, 0) is 18.6 Å². The maximum absolute atomic E-state index is 5.11. The second kappa shape index (κ2) is 7.07. The fraction of sp³-hybridized carbons (Fsp3) is 0.500. The molecule has 0 saturated heterocycles. The van der Waals surface area contributed by atoms with E-state index in [0.29, 0.717) is 11.9 Å². The van der Waals surface area contributed by atoms with Gasteiger partial charge in [0.1, 0.15) is 0 Å². The van der Waals surface area contributed by atoms with Gasteiger partial charge in [-0.3, -0.25) is 0 Å². The highest BCUT2D eigenvalue weighted by Gasteiger charge is 1.99. The number of pyridine rings is 1. The lowest BCUT2D eigenvalue weighted by Gasteiger charge is -2.10. The van der Waals surface area contributed by atoms with Gasteiger partial charge in [0.15, 0.2) is 0 Å². The first-order chi connectivity index (χ1) is 8.15. The first-order valence-electron chi connectivity index (χ1n) is 6.09. The highest BCUT2D eigenvalue weighted by atomic mass is 16.5. The van der Waals surface area contributed by atoms with Crippen LogP contribution in [0.1, 0.15) is 32.9 Å². The van der Waals surface area contributed by atoms with E-state index < -0.39 is 0 Å². The van der Waals surface area contributed by atoms with Crippen molar-refractivity contribution >= 4 is 6.08 Å². The van der Waals surface area contributed by atoms with Crippen molar-refractivity contribution in [3.63, 3.8) is 0 Å². The van der Waals surface area contributed by atoms with Gasteiger partial charge < -0.3 is 10.1 Å². The van der Waals surface area contributed by atoms with E-state index in [4.69, 9.17) is 4.74 Å². The number of methoxy groups -OCH3 is 1. The Kier molecular flexibility index (Phi) is 5.70. The summed E-state index contributed by atoms with van der Waals surface area (Å²) in [6.45, 7) is 7.37. The van der Waals surface area contributed by atoms with Crippen LogP contribution in [0.15, 0.2) is 23.8 Å². The van der Waals surface area contributed by atoms with Crippen LogP contribution in [0.5, 0.6) is 5.88 Å². The van der Waals surface area contributed by atoms with Gasteiger partial charge in [0.05, 0.1) is 12.8 Å². The molecule has 0 saturated carbocycles. The van der Waals surface area contributed by atoms with E-state index in [0.717, 1.165) is 18.7 Å². The minimum Gasteiger partial charge on any atom is -0.481 e. The molecule has 3 nitrogen and oxygen atoms in total. The molecule has 0 spiro atoms. The molecule has 3 heteroatoms. The Bertz CT molecular complexity index is 372. The summed E-state index contributed by atoms with van der Waals surface area (Å²) in [5.74, 6) is 0.658. The summed E-state index contributed by atoms with van der Waals surface area (Å²) in [5.41, 5.74) is 2.30. The van der Waals surface area contributed by atoms with Crippen LogP contribution in [-0.2, 0) is 0 Å². The average molecular weight is 234 g/mol. The SMILES string of the molecule is CC/C(=C/c1cccc(OC)n1)CNC(C)C. The van der Waals surface area contributed by atoms with E-state index in [9.17, 15) is 0 Å². The molecule has 1 heterocycles. The maximum Gasteiger partial charge on any atom is 0.213 e. The van der Waals surface area contributed by atoms with Crippen LogP contribution in [0.25, 0.3) is 6.08 Å². The van der Waals surface area contributed by atoms with E-state index in [-0.39, 0.29) is 0 Å². The van der Waals surface area contributed by atoms with Crippen molar-refractivity contribution in [3.05, 3.63) is 29.5 Å². The van der Waals surface area contributed by atoms with Crippen molar-refractivity contribution in [2.75, 3.05) is 13.7 Å². The average Bonchev–Trinajstić information content (AvgIpc) is 2.34. The number of nitrogens with zero attached hydrogens (tertiary/aromatic N) is 1. The summed E-state index contributed by atoms with van der Waals surface area (Å²) in [7, 11) is 1.64. The zero-order chi connectivity index (χ0) is 12.7. The Morgan fingerprint density at radius 3 is 2.82 bits per heavy atom. The molecule has 0 atom stereocenters. The highest BCUT2D eigenvalue weighted by molar-refractivity contribution is 5.49. The molecule has 94 valence electrons. The number of aromatic nitrogens is 1. The second-order valence-electron chi connectivity index (χ2n) is 4.30. The van der Waals surface area contributed by atoms with Crippen LogP contribution >= 0.6 is 0 Å². The normalized spacial score (nSPS) is 11.9. The van der Waals surface area contributed by atoms with Crippen LogP contribution in [0.3, 0.4) is 0 Å². The quantitative estimate of drug-likeness (QED) is 0.821. The van der Waals surface area contributed by atoms with Crippen molar-refractivity contribution in [3.8, 4) is 5.88 Å². The van der Waals surface area contributed by atoms with Gasteiger partial charge in [-0.25, -0.2) is 4.98 Å². The fourth-order valence-electron chi connectivity index (χ4n) is 1.45. The van der Waals surface area contributed by atoms with Crippen molar-refractivity contribution in [1.82, 2.24) is 10.3 Å². The van der Waals surface area contributed by atoms with E-state index in [1.165, 1.54) is 5.57 Å². The largest absolute Gasteiger partial charge is 0.481 e. The van der Waals surface area contributed by atoms with Crippen LogP contribution in [0.4, 0.5) is 0 Å². The third-order valence-electron chi connectivity index (χ3n) is 2.50. The molecule has 1 aromatic heterocycles. The van der Waals surface area contributed by atoms with Gasteiger partial charge in [0.2, 0.25) is 5.88 Å². The number of rotatable bonds is 6. The Balaban J connectivity index is 2.75. The Hall–Kier alpha value is -1.35. The minimum absolute atomic E-state index is 0.503. The number of nitrogens with one attached hydrogen (secondary N) is 1. The molecule has 0 aromatic carbocycles. The van der Waals surface area contributed by atoms with E-state index in [1.807, 2.05) is 18.2 Å². The topological polar surface area (TPSA) is 34.1 Å². The van der Waals surface area contributed by atoms with Gasteiger partial charge in [-0.15, -0.1) is 0 Å². The standard InChI is InChI=1S/C14H22N2O/c1-5-12(10-15-11(2)3)9-13-7-6-8-14(16-13)17-4/h6-9,11,15H,5,10H2,1-4H3/b12-9-. The van der Waals surface area contributed by atoms with Gasteiger partial charge >= 0.3 is 0 Å². The molecule has 1 N–H and O–H groups in total. The van der Waals surface area contributed by atoms with Crippen molar-refractivity contribution in [1.29, 1.82) is 0 Å². The van der Waals surface area contributed by atoms with Crippen molar-refractivity contribution in [2.45, 2.75) is 33.2 Å². The van der Waals surface area contributed by atoms with E-state index >= 15 is 0 Å². The van der Waals surface area contributed by atoms with Gasteiger partial charge in [-0.2, -0.15) is 0 Å². The molecule has 0 bridgehead atoms. The van der Waals surface area contributed by atoms with Crippen molar-refractivity contribution in [2.24, 2.45) is 0 Å². The highest BCUT2D eigenvalue weighted by Crippen LogP contribution is 2.11. The van der Waals surface area contributed by atoms with Crippen molar-refractivity contribution < 1.29 is 4.74 Å². The molecule has 17 heavy (non-hydrogen) atoms. The fourth-order valence-corrected chi connectivity index (χ4v) is 1.45. The Morgan fingerprint density at radius 1 is 1.47 bits per heavy atom. The first kappa shape index (κ1) is 13.7. The molecule has 1 aromatic rings. The summed E-state index contributed by atoms with van der Waals surface area (Å²) in [6, 6.07) is 6.31. The Labute approximate surface area is 104 Å². The molecular formula is C14H22N2O. The zero-order valence-electron chi connectivity index (χ0n) is 11.2. The van der Waals surface area contributed by atoms with Gasteiger partial charge in [-0.1, -0.05) is 32.4 Å². The van der Waals surface area contributed by atoms with Gasteiger partial charge in [0, 0.05) is 18.7 Å². The lowest BCUT2D eigenvalue weighted by Crippen LogP contribution is -2.24. The Morgan fingerprint density at radius 2 is 2.24 bits per heavy atom. The molecular weight excluding hydrogens is 212 g/mol. The predicted molar refractivity (Wildman–Crippen MR) is 72.2 cm³/mol. The lowest BCUT2D eigenvalue weighted by atomic mass is 10.1. The lowest BCUT2D eigenvalue weighted by molar-refractivity contribution is 0.397. The molecule has 0 aliphatic carbocycles. The number of ether oxygens (including phenoxy) is 1. The molecule has 0 unspecified atom stereocenters. The van der Waals surface area contributed by atoms with Gasteiger partial charge in [0.25, 0.3) is 0 Å².